The Morgan fingerprint density at radius 3 is 2.20 bits per heavy atom. The number of benzene rings is 5. The molecule has 0 bridgehead atoms. The average Bonchev–Trinajstić information content (AvgIpc) is 3.61. The van der Waals surface area contributed by atoms with Gasteiger partial charge in [-0.1, -0.05) is 96.7 Å². The number of esters is 1. The maximum absolute atomic E-state index is 14.3. The van der Waals surface area contributed by atoms with Gasteiger partial charge in [-0.05, 0) is 48.9 Å². The Kier molecular flexibility index (Phi) is 8.08. The minimum Gasteiger partial charge on any atom is -0.462 e. The fourth-order valence-electron chi connectivity index (χ4n) is 5.63. The van der Waals surface area contributed by atoms with Crippen molar-refractivity contribution in [3.8, 4) is 0 Å². The van der Waals surface area contributed by atoms with Crippen LogP contribution in [-0.2, 0) is 32.8 Å². The normalized spacial score (nSPS) is 11.8. The fraction of sp³-hybridized carbons (Fsp3) is 0.111. The van der Waals surface area contributed by atoms with E-state index in [1.807, 2.05) is 77.4 Å². The standard InChI is InChI=1S/C36H29N3O5S2/c1-2-44-35(40)29-22-31-32(28-20-12-13-21-30(28)39(31)46(41,42)27-18-10-5-11-19-27)34-33(29)37-36(45-26-16-8-4-9-17-26)38(34)24-43-23-25-14-6-3-7-15-25/h3-22H,2,23-24H2,1H3. The molecule has 5 aromatic carbocycles. The molecule has 0 saturated carbocycles. The number of hydrogen-bond donors (Lipinski definition) is 0. The molecule has 2 aromatic heterocycles. The minimum absolute atomic E-state index is 0.104. The van der Waals surface area contributed by atoms with Crippen molar-refractivity contribution in [1.29, 1.82) is 0 Å². The monoisotopic (exact) mass is 647 g/mol. The molecule has 0 saturated heterocycles. The predicted molar refractivity (Wildman–Crippen MR) is 180 cm³/mol. The lowest BCUT2D eigenvalue weighted by Gasteiger charge is -2.12. The quantitative estimate of drug-likeness (QED) is 0.140. The summed E-state index contributed by atoms with van der Waals surface area (Å²) >= 11 is 1.44. The zero-order valence-corrected chi connectivity index (χ0v) is 26.5. The summed E-state index contributed by atoms with van der Waals surface area (Å²) in [6, 6.07) is 36.9. The summed E-state index contributed by atoms with van der Waals surface area (Å²) in [5.74, 6) is -0.588. The maximum atomic E-state index is 14.3. The van der Waals surface area contributed by atoms with E-state index >= 15 is 0 Å². The largest absolute Gasteiger partial charge is 0.462 e. The lowest BCUT2D eigenvalue weighted by molar-refractivity contribution is 0.0528. The summed E-state index contributed by atoms with van der Waals surface area (Å²) in [7, 11) is -4.08. The van der Waals surface area contributed by atoms with Crippen molar-refractivity contribution >= 4 is 60.6 Å². The Labute approximate surface area is 270 Å². The third-order valence-corrected chi connectivity index (χ3v) is 10.4. The van der Waals surface area contributed by atoms with Gasteiger partial charge in [0.25, 0.3) is 10.0 Å². The molecular formula is C36H29N3O5S2. The molecule has 0 atom stereocenters. The Morgan fingerprint density at radius 2 is 1.48 bits per heavy atom. The number of ether oxygens (including phenoxy) is 2. The molecule has 0 radical (unpaired) electrons. The first-order valence-electron chi connectivity index (χ1n) is 14.8. The number of carbonyl (C=O) groups excluding carboxylic acids is 1. The van der Waals surface area contributed by atoms with Crippen LogP contribution < -0.4 is 0 Å². The number of hydrogen-bond acceptors (Lipinski definition) is 7. The van der Waals surface area contributed by atoms with E-state index < -0.39 is 16.0 Å². The number of rotatable bonds is 10. The van der Waals surface area contributed by atoms with Gasteiger partial charge in [0.15, 0.2) is 5.16 Å². The lowest BCUT2D eigenvalue weighted by atomic mass is 10.1. The number of aromatic nitrogens is 3. The van der Waals surface area contributed by atoms with E-state index in [0.717, 1.165) is 10.5 Å². The van der Waals surface area contributed by atoms with Gasteiger partial charge in [-0.15, -0.1) is 0 Å². The Morgan fingerprint density at radius 1 is 0.826 bits per heavy atom. The zero-order chi connectivity index (χ0) is 31.7. The van der Waals surface area contributed by atoms with Gasteiger partial charge in [0, 0.05) is 15.7 Å². The lowest BCUT2D eigenvalue weighted by Crippen LogP contribution is -2.13. The van der Waals surface area contributed by atoms with E-state index in [9.17, 15) is 13.2 Å². The van der Waals surface area contributed by atoms with Crippen LogP contribution in [0.4, 0.5) is 0 Å². The van der Waals surface area contributed by atoms with Crippen molar-refractivity contribution in [2.45, 2.75) is 35.2 Å². The van der Waals surface area contributed by atoms with Crippen molar-refractivity contribution in [3.05, 3.63) is 132 Å². The number of nitrogens with zero attached hydrogens (tertiary/aromatic N) is 3. The first-order chi connectivity index (χ1) is 22.5. The van der Waals surface area contributed by atoms with E-state index in [4.69, 9.17) is 14.5 Å². The highest BCUT2D eigenvalue weighted by atomic mass is 32.2. The molecular weight excluding hydrogens is 619 g/mol. The van der Waals surface area contributed by atoms with Crippen LogP contribution in [0.2, 0.25) is 0 Å². The topological polar surface area (TPSA) is 92.4 Å². The van der Waals surface area contributed by atoms with Crippen LogP contribution in [0.5, 0.6) is 0 Å². The number of carbonyl (C=O) groups is 1. The Balaban J connectivity index is 1.55. The smallest absolute Gasteiger partial charge is 0.340 e. The molecule has 230 valence electrons. The summed E-state index contributed by atoms with van der Waals surface area (Å²) < 4.78 is 43.6. The van der Waals surface area contributed by atoms with Crippen molar-refractivity contribution in [1.82, 2.24) is 13.5 Å². The van der Waals surface area contributed by atoms with Crippen LogP contribution in [0, 0.1) is 0 Å². The van der Waals surface area contributed by atoms with Gasteiger partial charge in [-0.2, -0.15) is 0 Å². The third kappa shape index (κ3) is 5.34. The van der Waals surface area contributed by atoms with Gasteiger partial charge in [0.05, 0.1) is 40.2 Å². The second-order valence-electron chi connectivity index (χ2n) is 10.5. The first kappa shape index (κ1) is 29.8. The highest BCUT2D eigenvalue weighted by Crippen LogP contribution is 2.41. The van der Waals surface area contributed by atoms with Gasteiger partial charge in [-0.3, -0.25) is 4.57 Å². The summed E-state index contributed by atoms with van der Waals surface area (Å²) in [5.41, 5.74) is 3.01. The molecule has 0 unspecified atom stereocenters. The summed E-state index contributed by atoms with van der Waals surface area (Å²) in [6.45, 7) is 2.33. The van der Waals surface area contributed by atoms with Gasteiger partial charge in [0.1, 0.15) is 12.2 Å². The van der Waals surface area contributed by atoms with Crippen LogP contribution in [0.1, 0.15) is 22.8 Å². The van der Waals surface area contributed by atoms with E-state index in [2.05, 4.69) is 0 Å². The highest BCUT2D eigenvalue weighted by Gasteiger charge is 2.29. The Bertz CT molecular complexity index is 2300. The molecule has 0 fully saturated rings. The van der Waals surface area contributed by atoms with Gasteiger partial charge in [0.2, 0.25) is 0 Å². The zero-order valence-electron chi connectivity index (χ0n) is 24.9. The second-order valence-corrected chi connectivity index (χ2v) is 13.4. The molecule has 0 aliphatic rings. The van der Waals surface area contributed by atoms with E-state index in [0.29, 0.717) is 44.6 Å². The van der Waals surface area contributed by atoms with Crippen molar-refractivity contribution in [3.63, 3.8) is 0 Å². The van der Waals surface area contributed by atoms with Gasteiger partial charge < -0.3 is 9.47 Å². The van der Waals surface area contributed by atoms with Crippen molar-refractivity contribution in [2.24, 2.45) is 0 Å². The van der Waals surface area contributed by atoms with Crippen molar-refractivity contribution < 1.29 is 22.7 Å². The number of imidazole rings is 1. The SMILES string of the molecule is CCOC(=O)c1cc2c(c3ccccc3n2S(=O)(=O)c2ccccc2)c2c1nc(Sc1ccccc1)n2COCc1ccccc1. The third-order valence-electron chi connectivity index (χ3n) is 7.63. The first-order valence-corrected chi connectivity index (χ1v) is 17.0. The predicted octanol–water partition coefficient (Wildman–Crippen LogP) is 7.88. The average molecular weight is 648 g/mol. The Hall–Kier alpha value is -4.90. The van der Waals surface area contributed by atoms with Crippen LogP contribution >= 0.6 is 11.8 Å². The molecule has 46 heavy (non-hydrogen) atoms. The summed E-state index contributed by atoms with van der Waals surface area (Å²) in [5, 5.41) is 1.95. The van der Waals surface area contributed by atoms with Crippen molar-refractivity contribution in [2.75, 3.05) is 6.61 Å². The minimum atomic E-state index is -4.08. The molecule has 7 rings (SSSR count). The molecule has 0 aliphatic carbocycles. The molecule has 7 aromatic rings. The number of fused-ring (bicyclic) bond motifs is 5. The highest BCUT2D eigenvalue weighted by molar-refractivity contribution is 7.99. The van der Waals surface area contributed by atoms with Crippen LogP contribution in [0.3, 0.4) is 0 Å². The maximum Gasteiger partial charge on any atom is 0.340 e. The molecule has 0 amide bonds. The van der Waals surface area contributed by atoms with E-state index in [1.54, 1.807) is 55.5 Å². The second kappa shape index (κ2) is 12.5. The summed E-state index contributed by atoms with van der Waals surface area (Å²) in [4.78, 5) is 19.7. The van der Waals surface area contributed by atoms with Crippen LogP contribution in [-0.4, -0.2) is 34.5 Å². The van der Waals surface area contributed by atoms with E-state index in [1.165, 1.54) is 15.7 Å². The van der Waals surface area contributed by atoms with Gasteiger partial charge >= 0.3 is 5.97 Å². The molecule has 0 spiro atoms. The number of para-hydroxylation sites is 1. The molecule has 10 heteroatoms. The molecule has 0 aliphatic heterocycles. The van der Waals surface area contributed by atoms with Crippen LogP contribution in [0.25, 0.3) is 32.8 Å². The van der Waals surface area contributed by atoms with E-state index in [-0.39, 0.29) is 23.8 Å². The molecule has 8 nitrogen and oxygen atoms in total. The molecule has 0 N–H and O–H groups in total. The fourth-order valence-corrected chi connectivity index (χ4v) is 8.06. The van der Waals surface area contributed by atoms with Crippen LogP contribution in [0.15, 0.2) is 136 Å². The molecule has 2 heterocycles. The summed E-state index contributed by atoms with van der Waals surface area (Å²) in [6.07, 6.45) is 0. The van der Waals surface area contributed by atoms with Gasteiger partial charge in [-0.25, -0.2) is 22.2 Å².